The van der Waals surface area contributed by atoms with Gasteiger partial charge in [0.2, 0.25) is 5.60 Å². The summed E-state index contributed by atoms with van der Waals surface area (Å²) in [6.45, 7) is 0.299. The van der Waals surface area contributed by atoms with Crippen LogP contribution in [0, 0.1) is 0 Å². The number of hydrogen-bond donors (Lipinski definition) is 0. The molecule has 1 aliphatic rings. The minimum atomic E-state index is -4.90. The molecule has 1 amide bonds. The molecule has 0 radical (unpaired) electrons. The molecular weight excluding hydrogens is 310 g/mol. The summed E-state index contributed by atoms with van der Waals surface area (Å²) in [5, 5.41) is 0. The summed E-state index contributed by atoms with van der Waals surface area (Å²) in [6.07, 6.45) is -6.15. The minimum Gasteiger partial charge on any atom is -0.382 e. The lowest BCUT2D eigenvalue weighted by Gasteiger charge is -2.34. The fourth-order valence-corrected chi connectivity index (χ4v) is 2.02. The van der Waals surface area contributed by atoms with Crippen LogP contribution in [-0.2, 0) is 19.0 Å². The molecular formula is C13H21F4NO4. The van der Waals surface area contributed by atoms with Crippen LogP contribution in [0.4, 0.5) is 17.6 Å². The number of likely N-dealkylation sites (tertiary alicyclic amines) is 1. The maximum Gasteiger partial charge on any atom is 0.426 e. The van der Waals surface area contributed by atoms with Gasteiger partial charge in [-0.25, -0.2) is 4.39 Å². The van der Waals surface area contributed by atoms with Crippen LogP contribution in [0.1, 0.15) is 13.3 Å². The van der Waals surface area contributed by atoms with Crippen LogP contribution >= 0.6 is 0 Å². The van der Waals surface area contributed by atoms with Crippen molar-refractivity contribution in [3.05, 3.63) is 0 Å². The Hall–Kier alpha value is -0.930. The lowest BCUT2D eigenvalue weighted by atomic mass is 10.0. The lowest BCUT2D eigenvalue weighted by molar-refractivity contribution is -0.267. The van der Waals surface area contributed by atoms with E-state index >= 15 is 0 Å². The average Bonchev–Trinajstić information content (AvgIpc) is 2.86. The maximum atomic E-state index is 13.2. The van der Waals surface area contributed by atoms with Gasteiger partial charge in [0.15, 0.2) is 0 Å². The molecule has 22 heavy (non-hydrogen) atoms. The normalized spacial score (nSPS) is 21.9. The van der Waals surface area contributed by atoms with Crippen LogP contribution in [0.15, 0.2) is 0 Å². The van der Waals surface area contributed by atoms with Gasteiger partial charge in [-0.3, -0.25) is 4.79 Å². The largest absolute Gasteiger partial charge is 0.426 e. The van der Waals surface area contributed by atoms with E-state index in [1.807, 2.05) is 0 Å². The van der Waals surface area contributed by atoms with Crippen LogP contribution in [0.2, 0.25) is 0 Å². The first-order valence-corrected chi connectivity index (χ1v) is 6.93. The highest BCUT2D eigenvalue weighted by Crippen LogP contribution is 2.36. The van der Waals surface area contributed by atoms with Gasteiger partial charge in [-0.05, 0) is 13.3 Å². The van der Waals surface area contributed by atoms with Gasteiger partial charge in [0.1, 0.15) is 6.17 Å². The van der Waals surface area contributed by atoms with Gasteiger partial charge in [0, 0.05) is 13.7 Å². The molecule has 0 spiro atoms. The van der Waals surface area contributed by atoms with Gasteiger partial charge >= 0.3 is 6.18 Å². The molecule has 0 aliphatic carbocycles. The smallest absolute Gasteiger partial charge is 0.382 e. The van der Waals surface area contributed by atoms with Crippen LogP contribution < -0.4 is 0 Å². The Bertz CT molecular complexity index is 366. The molecule has 2 atom stereocenters. The van der Waals surface area contributed by atoms with Crippen LogP contribution in [-0.4, -0.2) is 75.4 Å². The molecule has 0 aromatic heterocycles. The number of carbonyl (C=O) groups excluding carboxylic acids is 1. The van der Waals surface area contributed by atoms with Crippen LogP contribution in [0.25, 0.3) is 0 Å². The van der Waals surface area contributed by atoms with Crippen molar-refractivity contribution >= 4 is 5.91 Å². The summed E-state index contributed by atoms with van der Waals surface area (Å²) in [6, 6.07) is 0. The molecule has 5 nitrogen and oxygen atoms in total. The van der Waals surface area contributed by atoms with Crippen molar-refractivity contribution in [3.8, 4) is 0 Å². The fourth-order valence-electron chi connectivity index (χ4n) is 2.02. The second kappa shape index (κ2) is 8.07. The van der Waals surface area contributed by atoms with E-state index in [9.17, 15) is 22.4 Å². The second-order valence-corrected chi connectivity index (χ2v) is 5.12. The van der Waals surface area contributed by atoms with Gasteiger partial charge in [-0.1, -0.05) is 0 Å². The van der Waals surface area contributed by atoms with E-state index < -0.39 is 30.5 Å². The SMILES string of the molecule is COCCOCCOC(C)(C(=O)N1CCC(F)C1)C(F)(F)F. The molecule has 9 heteroatoms. The third-order valence-electron chi connectivity index (χ3n) is 3.42. The Morgan fingerprint density at radius 2 is 1.86 bits per heavy atom. The standard InChI is InChI=1S/C13H21F4NO4/c1-12(13(15,16)17,22-8-7-21-6-5-20-2)11(19)18-4-3-10(14)9-18/h10H,3-9H2,1-2H3. The molecule has 2 unspecified atom stereocenters. The topological polar surface area (TPSA) is 48.0 Å². The van der Waals surface area contributed by atoms with Crippen molar-refractivity contribution in [1.29, 1.82) is 0 Å². The van der Waals surface area contributed by atoms with E-state index in [-0.39, 0.29) is 32.7 Å². The van der Waals surface area contributed by atoms with Crippen LogP contribution in [0.5, 0.6) is 0 Å². The van der Waals surface area contributed by atoms with Gasteiger partial charge in [0.25, 0.3) is 5.91 Å². The Labute approximate surface area is 126 Å². The van der Waals surface area contributed by atoms with Gasteiger partial charge < -0.3 is 19.1 Å². The first-order chi connectivity index (χ1) is 10.2. The van der Waals surface area contributed by atoms with E-state index in [4.69, 9.17) is 14.2 Å². The monoisotopic (exact) mass is 331 g/mol. The number of ether oxygens (including phenoxy) is 3. The van der Waals surface area contributed by atoms with Crippen molar-refractivity contribution in [3.63, 3.8) is 0 Å². The highest BCUT2D eigenvalue weighted by molar-refractivity contribution is 5.86. The number of alkyl halides is 4. The Kier molecular flexibility index (Phi) is 7.01. The number of halogens is 4. The number of hydrogen-bond acceptors (Lipinski definition) is 4. The molecule has 0 aromatic carbocycles. The first-order valence-electron chi connectivity index (χ1n) is 6.93. The lowest BCUT2D eigenvalue weighted by Crippen LogP contribution is -2.57. The molecule has 0 N–H and O–H groups in total. The van der Waals surface area contributed by atoms with Crippen LogP contribution in [0.3, 0.4) is 0 Å². The maximum absolute atomic E-state index is 13.2. The molecule has 1 saturated heterocycles. The second-order valence-electron chi connectivity index (χ2n) is 5.12. The fraction of sp³-hybridized carbons (Fsp3) is 0.923. The number of amides is 1. The number of nitrogens with zero attached hydrogens (tertiary/aromatic N) is 1. The van der Waals surface area contributed by atoms with Crippen molar-refractivity contribution < 1.29 is 36.6 Å². The summed E-state index contributed by atoms with van der Waals surface area (Å²) >= 11 is 0. The van der Waals surface area contributed by atoms with Crippen molar-refractivity contribution in [1.82, 2.24) is 4.90 Å². The highest BCUT2D eigenvalue weighted by atomic mass is 19.4. The third-order valence-corrected chi connectivity index (χ3v) is 3.42. The third kappa shape index (κ3) is 4.79. The Morgan fingerprint density at radius 1 is 1.23 bits per heavy atom. The van der Waals surface area contributed by atoms with E-state index in [1.54, 1.807) is 0 Å². The summed E-state index contributed by atoms with van der Waals surface area (Å²) in [7, 11) is 1.47. The van der Waals surface area contributed by atoms with Gasteiger partial charge in [-0.15, -0.1) is 0 Å². The van der Waals surface area contributed by atoms with E-state index in [2.05, 4.69) is 0 Å². The zero-order chi connectivity index (χ0) is 16.8. The van der Waals surface area contributed by atoms with E-state index in [1.165, 1.54) is 7.11 Å². The summed E-state index contributed by atoms with van der Waals surface area (Å²) < 4.78 is 67.2. The molecule has 1 heterocycles. The molecule has 0 saturated carbocycles. The predicted molar refractivity (Wildman–Crippen MR) is 69.2 cm³/mol. The predicted octanol–water partition coefficient (Wildman–Crippen LogP) is 1.56. The zero-order valence-corrected chi connectivity index (χ0v) is 12.6. The van der Waals surface area contributed by atoms with E-state index in [0.29, 0.717) is 13.5 Å². The minimum absolute atomic E-state index is 0.0415. The number of methoxy groups -OCH3 is 1. The molecule has 130 valence electrons. The molecule has 0 bridgehead atoms. The Balaban J connectivity index is 2.60. The molecule has 1 aliphatic heterocycles. The highest BCUT2D eigenvalue weighted by Gasteiger charge is 2.60. The zero-order valence-electron chi connectivity index (χ0n) is 12.6. The van der Waals surface area contributed by atoms with Gasteiger partial charge in [-0.2, -0.15) is 13.2 Å². The van der Waals surface area contributed by atoms with Gasteiger partial charge in [0.05, 0.1) is 33.0 Å². The summed E-state index contributed by atoms with van der Waals surface area (Å²) in [5.74, 6) is -1.27. The quantitative estimate of drug-likeness (QED) is 0.500. The molecule has 0 aromatic rings. The Morgan fingerprint density at radius 3 is 2.36 bits per heavy atom. The summed E-state index contributed by atoms with van der Waals surface area (Å²) in [4.78, 5) is 12.9. The summed E-state index contributed by atoms with van der Waals surface area (Å²) in [5.41, 5.74) is -3.00. The van der Waals surface area contributed by atoms with Crippen molar-refractivity contribution in [2.75, 3.05) is 46.6 Å². The van der Waals surface area contributed by atoms with Crippen molar-refractivity contribution in [2.24, 2.45) is 0 Å². The van der Waals surface area contributed by atoms with Crippen molar-refractivity contribution in [2.45, 2.75) is 31.3 Å². The molecule has 1 rings (SSSR count). The average molecular weight is 331 g/mol. The number of carbonyl (C=O) groups is 1. The first kappa shape index (κ1) is 19.1. The number of rotatable bonds is 8. The van der Waals surface area contributed by atoms with E-state index in [0.717, 1.165) is 4.90 Å². The molecule has 1 fully saturated rings.